The summed E-state index contributed by atoms with van der Waals surface area (Å²) in [6.45, 7) is 11.6. The van der Waals surface area contributed by atoms with Crippen molar-refractivity contribution in [1.29, 1.82) is 0 Å². The van der Waals surface area contributed by atoms with Gasteiger partial charge in [0.2, 0.25) is 0 Å². The molecular formula is C27H32N2O. The molecule has 0 spiro atoms. The van der Waals surface area contributed by atoms with Crippen molar-refractivity contribution in [1.82, 2.24) is 9.80 Å². The normalized spacial score (nSPS) is 21.4. The molecule has 0 radical (unpaired) electrons. The van der Waals surface area contributed by atoms with Crippen LogP contribution in [0.25, 0.3) is 10.8 Å². The van der Waals surface area contributed by atoms with Gasteiger partial charge in [-0.15, -0.1) is 6.58 Å². The van der Waals surface area contributed by atoms with Gasteiger partial charge in [-0.2, -0.15) is 0 Å². The molecule has 1 aliphatic heterocycles. The number of hydrogen-bond donors (Lipinski definition) is 0. The summed E-state index contributed by atoms with van der Waals surface area (Å²) in [5, 5.41) is 2.57. The minimum Gasteiger partial charge on any atom is -0.497 e. The lowest BCUT2D eigenvalue weighted by Gasteiger charge is -2.47. The molecule has 1 unspecified atom stereocenters. The standard InChI is InChI=1S/C27H32N2O/c1-5-15-28-18-21(3)29(19-20(28)2)27(24-11-8-12-26(17-24)30-4)25-14-13-22-9-6-7-10-23(22)16-25/h5-14,16-17,20-21,27H,1,15,18-19H2,2-4H3/t20-,21+,27?/m1/s1. The van der Waals surface area contributed by atoms with Gasteiger partial charge in [0.25, 0.3) is 0 Å². The Morgan fingerprint density at radius 2 is 1.70 bits per heavy atom. The molecule has 0 bridgehead atoms. The van der Waals surface area contributed by atoms with Gasteiger partial charge in [-0.1, -0.05) is 54.6 Å². The third kappa shape index (κ3) is 4.14. The zero-order valence-corrected chi connectivity index (χ0v) is 18.3. The Labute approximate surface area is 180 Å². The van der Waals surface area contributed by atoms with E-state index < -0.39 is 0 Å². The van der Waals surface area contributed by atoms with Gasteiger partial charge >= 0.3 is 0 Å². The zero-order valence-electron chi connectivity index (χ0n) is 18.3. The van der Waals surface area contributed by atoms with E-state index in [1.807, 2.05) is 12.1 Å². The summed E-state index contributed by atoms with van der Waals surface area (Å²) in [5.74, 6) is 0.907. The van der Waals surface area contributed by atoms with Crippen molar-refractivity contribution in [2.75, 3.05) is 26.7 Å². The monoisotopic (exact) mass is 400 g/mol. The second kappa shape index (κ2) is 9.03. The molecule has 3 nitrogen and oxygen atoms in total. The second-order valence-corrected chi connectivity index (χ2v) is 8.42. The Bertz CT molecular complexity index is 1010. The minimum atomic E-state index is 0.188. The van der Waals surface area contributed by atoms with Crippen LogP contribution in [0.4, 0.5) is 0 Å². The molecule has 0 amide bonds. The van der Waals surface area contributed by atoms with E-state index in [9.17, 15) is 0 Å². The summed E-state index contributed by atoms with van der Waals surface area (Å²) in [6.07, 6.45) is 2.02. The van der Waals surface area contributed by atoms with Crippen molar-refractivity contribution in [3.8, 4) is 5.75 Å². The molecule has 3 aromatic carbocycles. The van der Waals surface area contributed by atoms with Crippen LogP contribution in [0, 0.1) is 0 Å². The van der Waals surface area contributed by atoms with E-state index in [1.165, 1.54) is 21.9 Å². The van der Waals surface area contributed by atoms with Gasteiger partial charge in [-0.3, -0.25) is 9.80 Å². The molecule has 4 rings (SSSR count). The third-order valence-electron chi connectivity index (χ3n) is 6.36. The molecule has 1 heterocycles. The lowest BCUT2D eigenvalue weighted by Crippen LogP contribution is -2.57. The quantitative estimate of drug-likeness (QED) is 0.507. The highest BCUT2D eigenvalue weighted by molar-refractivity contribution is 5.83. The fraction of sp³-hybridized carbons (Fsp3) is 0.333. The Morgan fingerprint density at radius 1 is 0.933 bits per heavy atom. The Balaban J connectivity index is 1.78. The molecule has 3 heteroatoms. The second-order valence-electron chi connectivity index (χ2n) is 8.42. The Hall–Kier alpha value is -2.62. The van der Waals surface area contributed by atoms with Gasteiger partial charge in [0.05, 0.1) is 13.2 Å². The summed E-state index contributed by atoms with van der Waals surface area (Å²) in [5.41, 5.74) is 2.61. The van der Waals surface area contributed by atoms with Crippen LogP contribution in [0.15, 0.2) is 79.4 Å². The molecule has 30 heavy (non-hydrogen) atoms. The average Bonchev–Trinajstić information content (AvgIpc) is 2.77. The number of methoxy groups -OCH3 is 1. The molecule has 1 aliphatic rings. The lowest BCUT2D eigenvalue weighted by atomic mass is 9.92. The van der Waals surface area contributed by atoms with Crippen LogP contribution in [0.3, 0.4) is 0 Å². The zero-order chi connectivity index (χ0) is 21.1. The molecule has 3 atom stereocenters. The predicted octanol–water partition coefficient (Wildman–Crippen LogP) is 5.52. The number of nitrogens with zero attached hydrogens (tertiary/aromatic N) is 2. The van der Waals surface area contributed by atoms with Crippen molar-refractivity contribution in [3.63, 3.8) is 0 Å². The number of hydrogen-bond acceptors (Lipinski definition) is 3. The number of fused-ring (bicyclic) bond motifs is 1. The minimum absolute atomic E-state index is 0.188. The summed E-state index contributed by atoms with van der Waals surface area (Å²) in [7, 11) is 1.74. The molecule has 1 saturated heterocycles. The molecule has 3 aromatic rings. The fourth-order valence-electron chi connectivity index (χ4n) is 4.77. The van der Waals surface area contributed by atoms with Crippen LogP contribution in [0.2, 0.25) is 0 Å². The van der Waals surface area contributed by atoms with Crippen molar-refractivity contribution in [2.45, 2.75) is 32.0 Å². The molecular weight excluding hydrogens is 368 g/mol. The van der Waals surface area contributed by atoms with Crippen LogP contribution >= 0.6 is 0 Å². The maximum absolute atomic E-state index is 5.56. The first-order chi connectivity index (χ1) is 14.6. The Kier molecular flexibility index (Phi) is 6.21. The maximum atomic E-state index is 5.56. The predicted molar refractivity (Wildman–Crippen MR) is 126 cm³/mol. The molecule has 0 aromatic heterocycles. The van der Waals surface area contributed by atoms with Gasteiger partial charge in [0.1, 0.15) is 5.75 Å². The smallest absolute Gasteiger partial charge is 0.119 e. The summed E-state index contributed by atoms with van der Waals surface area (Å²) in [6, 6.07) is 25.1. The van der Waals surface area contributed by atoms with Crippen LogP contribution < -0.4 is 4.74 Å². The van der Waals surface area contributed by atoms with E-state index >= 15 is 0 Å². The van der Waals surface area contributed by atoms with E-state index in [0.717, 1.165) is 25.4 Å². The van der Waals surface area contributed by atoms with Crippen molar-refractivity contribution in [2.24, 2.45) is 0 Å². The highest BCUT2D eigenvalue weighted by atomic mass is 16.5. The first-order valence-electron chi connectivity index (χ1n) is 10.8. The van der Waals surface area contributed by atoms with Crippen LogP contribution in [-0.4, -0.2) is 48.6 Å². The summed E-state index contributed by atoms with van der Waals surface area (Å²) < 4.78 is 5.56. The fourth-order valence-corrected chi connectivity index (χ4v) is 4.77. The van der Waals surface area contributed by atoms with E-state index in [4.69, 9.17) is 4.74 Å². The van der Waals surface area contributed by atoms with Gasteiger partial charge in [0.15, 0.2) is 0 Å². The van der Waals surface area contributed by atoms with Gasteiger partial charge in [-0.25, -0.2) is 0 Å². The SMILES string of the molecule is C=CCN1C[C@H](C)N(C(c2cccc(OC)c2)c2ccc3ccccc3c2)C[C@H]1C. The molecule has 0 saturated carbocycles. The number of piperazine rings is 1. The summed E-state index contributed by atoms with van der Waals surface area (Å²) in [4.78, 5) is 5.18. The number of ether oxygens (including phenoxy) is 1. The highest BCUT2D eigenvalue weighted by Gasteiger charge is 2.34. The molecule has 156 valence electrons. The van der Waals surface area contributed by atoms with Crippen LogP contribution in [0.1, 0.15) is 31.0 Å². The third-order valence-corrected chi connectivity index (χ3v) is 6.36. The first kappa shape index (κ1) is 20.6. The van der Waals surface area contributed by atoms with Crippen LogP contribution in [0.5, 0.6) is 5.75 Å². The van der Waals surface area contributed by atoms with Crippen molar-refractivity contribution < 1.29 is 4.74 Å². The molecule has 0 aliphatic carbocycles. The van der Waals surface area contributed by atoms with Crippen molar-refractivity contribution >= 4 is 10.8 Å². The van der Waals surface area contributed by atoms with E-state index in [-0.39, 0.29) is 6.04 Å². The van der Waals surface area contributed by atoms with Crippen molar-refractivity contribution in [3.05, 3.63) is 90.5 Å². The maximum Gasteiger partial charge on any atom is 0.119 e. The summed E-state index contributed by atoms with van der Waals surface area (Å²) >= 11 is 0. The van der Waals surface area contributed by atoms with Gasteiger partial charge in [-0.05, 0) is 53.9 Å². The molecule has 0 N–H and O–H groups in total. The van der Waals surface area contributed by atoms with Crippen LogP contribution in [-0.2, 0) is 0 Å². The topological polar surface area (TPSA) is 15.7 Å². The number of benzene rings is 3. The average molecular weight is 401 g/mol. The molecule has 1 fully saturated rings. The number of rotatable bonds is 6. The van der Waals surface area contributed by atoms with Gasteiger partial charge in [0, 0.05) is 31.7 Å². The van der Waals surface area contributed by atoms with E-state index in [0.29, 0.717) is 12.1 Å². The Morgan fingerprint density at radius 3 is 2.47 bits per heavy atom. The van der Waals surface area contributed by atoms with Gasteiger partial charge < -0.3 is 4.74 Å². The lowest BCUT2D eigenvalue weighted by molar-refractivity contribution is 0.0306. The largest absolute Gasteiger partial charge is 0.497 e. The first-order valence-corrected chi connectivity index (χ1v) is 10.8. The van der Waals surface area contributed by atoms with E-state index in [1.54, 1.807) is 7.11 Å². The van der Waals surface area contributed by atoms with E-state index in [2.05, 4.69) is 90.9 Å². The highest BCUT2D eigenvalue weighted by Crippen LogP contribution is 2.35.